The number of hydrogen-bond donors (Lipinski definition) is 0. The van der Waals surface area contributed by atoms with Crippen molar-refractivity contribution in [2.45, 2.75) is 6.92 Å². The van der Waals surface area contributed by atoms with Gasteiger partial charge in [0.2, 0.25) is 5.75 Å². The molecule has 0 amide bonds. The summed E-state index contributed by atoms with van der Waals surface area (Å²) in [6, 6.07) is 8.95. The number of nitrogens with zero attached hydrogens (tertiary/aromatic N) is 2. The molecule has 1 aliphatic heterocycles. The SMILES string of the molecule is COc1cc(C(=O)C2C=NN(c3cccc(Cl)c3C)C2)cc(OC)c1OC. The summed E-state index contributed by atoms with van der Waals surface area (Å²) in [5.74, 6) is 0.884. The Morgan fingerprint density at radius 3 is 2.41 bits per heavy atom. The Bertz CT molecular complexity index is 873. The molecule has 1 aliphatic rings. The van der Waals surface area contributed by atoms with Crippen LogP contribution in [0.5, 0.6) is 17.2 Å². The molecule has 6 nitrogen and oxygen atoms in total. The second-order valence-electron chi connectivity index (χ2n) is 6.12. The van der Waals surface area contributed by atoms with Gasteiger partial charge in [0.25, 0.3) is 0 Å². The number of hydrazone groups is 1. The number of rotatable bonds is 6. The van der Waals surface area contributed by atoms with Crippen molar-refractivity contribution in [2.75, 3.05) is 32.9 Å². The predicted octanol–water partition coefficient (Wildman–Crippen LogP) is 3.98. The van der Waals surface area contributed by atoms with Crippen LogP contribution in [0.4, 0.5) is 5.69 Å². The lowest BCUT2D eigenvalue weighted by Gasteiger charge is -2.19. The number of carbonyl (C=O) groups is 1. The highest BCUT2D eigenvalue weighted by molar-refractivity contribution is 6.31. The van der Waals surface area contributed by atoms with Crippen LogP contribution in [-0.4, -0.2) is 39.9 Å². The standard InChI is InChI=1S/C20H21ClN2O4/c1-12-15(21)6-5-7-16(12)23-11-14(10-22-23)19(24)13-8-17(25-2)20(27-4)18(9-13)26-3/h5-10,14H,11H2,1-4H3. The summed E-state index contributed by atoms with van der Waals surface area (Å²) < 4.78 is 16.0. The van der Waals surface area contributed by atoms with Gasteiger partial charge < -0.3 is 14.2 Å². The summed E-state index contributed by atoms with van der Waals surface area (Å²) in [4.78, 5) is 13.0. The van der Waals surface area contributed by atoms with Crippen molar-refractivity contribution in [3.05, 3.63) is 46.5 Å². The van der Waals surface area contributed by atoms with Crippen LogP contribution in [0.1, 0.15) is 15.9 Å². The summed E-state index contributed by atoms with van der Waals surface area (Å²) in [5.41, 5.74) is 2.29. The van der Waals surface area contributed by atoms with Crippen molar-refractivity contribution in [1.29, 1.82) is 0 Å². The fourth-order valence-corrected chi connectivity index (χ4v) is 3.24. The highest BCUT2D eigenvalue weighted by Crippen LogP contribution is 2.39. The van der Waals surface area contributed by atoms with Gasteiger partial charge in [0, 0.05) is 16.8 Å². The maximum Gasteiger partial charge on any atom is 0.203 e. The highest BCUT2D eigenvalue weighted by atomic mass is 35.5. The number of ketones is 1. The first kappa shape index (κ1) is 19.0. The van der Waals surface area contributed by atoms with Crippen molar-refractivity contribution >= 4 is 29.3 Å². The van der Waals surface area contributed by atoms with E-state index < -0.39 is 0 Å². The zero-order valence-corrected chi connectivity index (χ0v) is 16.4. The van der Waals surface area contributed by atoms with Crippen LogP contribution in [0, 0.1) is 12.8 Å². The third-order valence-corrected chi connectivity index (χ3v) is 4.97. The number of Topliss-reactive ketones (excluding diaryl/α,β-unsaturated/α-hetero) is 1. The molecule has 27 heavy (non-hydrogen) atoms. The molecule has 0 saturated heterocycles. The number of anilines is 1. The zero-order chi connectivity index (χ0) is 19.6. The molecule has 0 aliphatic carbocycles. The lowest BCUT2D eigenvalue weighted by atomic mass is 9.98. The minimum atomic E-state index is -0.383. The van der Waals surface area contributed by atoms with E-state index in [0.29, 0.717) is 34.4 Å². The molecule has 0 saturated carbocycles. The maximum absolute atomic E-state index is 13.0. The van der Waals surface area contributed by atoms with Crippen molar-refractivity contribution in [3.63, 3.8) is 0 Å². The van der Waals surface area contributed by atoms with Crippen molar-refractivity contribution < 1.29 is 19.0 Å². The fourth-order valence-electron chi connectivity index (χ4n) is 3.07. The summed E-state index contributed by atoms with van der Waals surface area (Å²) >= 11 is 6.20. The van der Waals surface area contributed by atoms with E-state index in [0.717, 1.165) is 11.3 Å². The van der Waals surface area contributed by atoms with Crippen LogP contribution in [0.25, 0.3) is 0 Å². The first-order valence-corrected chi connectivity index (χ1v) is 8.79. The van der Waals surface area contributed by atoms with E-state index in [4.69, 9.17) is 25.8 Å². The second kappa shape index (κ2) is 7.88. The molecule has 1 unspecified atom stereocenters. The van der Waals surface area contributed by atoms with Gasteiger partial charge in [-0.15, -0.1) is 0 Å². The predicted molar refractivity (Wildman–Crippen MR) is 106 cm³/mol. The van der Waals surface area contributed by atoms with Crippen LogP contribution >= 0.6 is 11.6 Å². The van der Waals surface area contributed by atoms with Gasteiger partial charge in [0.05, 0.1) is 39.5 Å². The number of carbonyl (C=O) groups excluding carboxylic acids is 1. The summed E-state index contributed by atoms with van der Waals surface area (Å²) in [7, 11) is 4.56. The molecule has 2 aromatic rings. The van der Waals surface area contributed by atoms with Gasteiger partial charge in [-0.3, -0.25) is 9.80 Å². The number of hydrogen-bond acceptors (Lipinski definition) is 6. The van der Waals surface area contributed by atoms with Crippen LogP contribution in [0.2, 0.25) is 5.02 Å². The van der Waals surface area contributed by atoms with E-state index in [1.807, 2.05) is 25.1 Å². The monoisotopic (exact) mass is 388 g/mol. The van der Waals surface area contributed by atoms with Crippen LogP contribution in [0.3, 0.4) is 0 Å². The van der Waals surface area contributed by atoms with Crippen molar-refractivity contribution in [1.82, 2.24) is 0 Å². The summed E-state index contributed by atoms with van der Waals surface area (Å²) in [6.45, 7) is 2.37. The number of ether oxygens (including phenoxy) is 3. The molecule has 142 valence electrons. The van der Waals surface area contributed by atoms with Gasteiger partial charge in [0.15, 0.2) is 17.3 Å². The second-order valence-corrected chi connectivity index (χ2v) is 6.52. The molecule has 0 fully saturated rings. The van der Waals surface area contributed by atoms with Crippen LogP contribution in [0.15, 0.2) is 35.4 Å². The average Bonchev–Trinajstić information content (AvgIpc) is 3.18. The lowest BCUT2D eigenvalue weighted by Crippen LogP contribution is -2.24. The van der Waals surface area contributed by atoms with E-state index >= 15 is 0 Å². The molecule has 0 bridgehead atoms. The third-order valence-electron chi connectivity index (χ3n) is 4.56. The topological polar surface area (TPSA) is 60.4 Å². The third kappa shape index (κ3) is 3.57. The van der Waals surface area contributed by atoms with E-state index in [2.05, 4.69) is 5.10 Å². The molecule has 0 N–H and O–H groups in total. The normalized spacial score (nSPS) is 15.7. The van der Waals surface area contributed by atoms with Gasteiger partial charge >= 0.3 is 0 Å². The molecule has 0 radical (unpaired) electrons. The molecule has 3 rings (SSSR count). The molecule has 0 spiro atoms. The largest absolute Gasteiger partial charge is 0.493 e. The fraction of sp³-hybridized carbons (Fsp3) is 0.300. The van der Waals surface area contributed by atoms with E-state index in [1.54, 1.807) is 23.4 Å². The van der Waals surface area contributed by atoms with Crippen LogP contribution < -0.4 is 19.2 Å². The Kier molecular flexibility index (Phi) is 5.56. The molecule has 1 atom stereocenters. The maximum atomic E-state index is 13.0. The number of halogens is 1. The molecule has 7 heteroatoms. The smallest absolute Gasteiger partial charge is 0.203 e. The summed E-state index contributed by atoms with van der Waals surface area (Å²) in [5, 5.41) is 6.86. The molecular formula is C20H21ClN2O4. The Balaban J connectivity index is 1.86. The average molecular weight is 389 g/mol. The minimum absolute atomic E-state index is 0.0693. The lowest BCUT2D eigenvalue weighted by molar-refractivity contribution is 0.0960. The number of methoxy groups -OCH3 is 3. The van der Waals surface area contributed by atoms with E-state index in [1.165, 1.54) is 21.3 Å². The highest BCUT2D eigenvalue weighted by Gasteiger charge is 2.29. The van der Waals surface area contributed by atoms with E-state index in [-0.39, 0.29) is 11.7 Å². The minimum Gasteiger partial charge on any atom is -0.493 e. The summed E-state index contributed by atoms with van der Waals surface area (Å²) in [6.07, 6.45) is 1.66. The molecule has 1 heterocycles. The zero-order valence-electron chi connectivity index (χ0n) is 15.7. The quantitative estimate of drug-likeness (QED) is 0.700. The van der Waals surface area contributed by atoms with Crippen molar-refractivity contribution in [3.8, 4) is 17.2 Å². The Morgan fingerprint density at radius 1 is 1.15 bits per heavy atom. The van der Waals surface area contributed by atoms with Gasteiger partial charge in [-0.05, 0) is 36.8 Å². The van der Waals surface area contributed by atoms with Crippen molar-refractivity contribution in [2.24, 2.45) is 11.0 Å². The van der Waals surface area contributed by atoms with Gasteiger partial charge in [0.1, 0.15) is 0 Å². The number of benzene rings is 2. The molecule has 0 aromatic heterocycles. The van der Waals surface area contributed by atoms with Crippen LogP contribution in [-0.2, 0) is 0 Å². The first-order valence-electron chi connectivity index (χ1n) is 8.41. The first-order chi connectivity index (χ1) is 13.0. The molecule has 2 aromatic carbocycles. The Morgan fingerprint density at radius 2 is 1.81 bits per heavy atom. The molecular weight excluding hydrogens is 368 g/mol. The Hall–Kier alpha value is -2.73. The Labute approximate surface area is 163 Å². The van der Waals surface area contributed by atoms with E-state index in [9.17, 15) is 4.79 Å². The van der Waals surface area contributed by atoms with Gasteiger partial charge in [-0.1, -0.05) is 17.7 Å². The van der Waals surface area contributed by atoms with Gasteiger partial charge in [-0.2, -0.15) is 5.10 Å². The van der Waals surface area contributed by atoms with Gasteiger partial charge in [-0.25, -0.2) is 0 Å².